The number of nitrogens with zero attached hydrogens (tertiary/aromatic N) is 1. The molecule has 1 aliphatic rings. The zero-order chi connectivity index (χ0) is 16.1. The fraction of sp³-hybridized carbons (Fsp3) is 0.400. The van der Waals surface area contributed by atoms with E-state index in [4.69, 9.17) is 4.74 Å². The van der Waals surface area contributed by atoms with Crippen LogP contribution in [0.1, 0.15) is 30.9 Å². The van der Waals surface area contributed by atoms with Crippen LogP contribution in [0.5, 0.6) is 5.75 Å². The van der Waals surface area contributed by atoms with Gasteiger partial charge >= 0.3 is 0 Å². The van der Waals surface area contributed by atoms with Crippen molar-refractivity contribution in [1.82, 2.24) is 4.90 Å². The second-order valence-corrected chi connectivity index (χ2v) is 7.38. The molecule has 0 spiro atoms. The second-order valence-electron chi connectivity index (χ2n) is 6.52. The standard InChI is InChI=1S/C20H24BrNO/c1-16-6-5-11-22(13-16)14-18-9-10-19(21)20(12-18)23-15-17-7-3-2-4-8-17/h2-4,7-10,12,16H,5-6,11,13-15H2,1H3. The maximum Gasteiger partial charge on any atom is 0.134 e. The van der Waals surface area contributed by atoms with Crippen LogP contribution in [0.15, 0.2) is 53.0 Å². The van der Waals surface area contributed by atoms with Gasteiger partial charge in [0, 0.05) is 13.1 Å². The molecule has 1 unspecified atom stereocenters. The first-order valence-electron chi connectivity index (χ1n) is 8.38. The van der Waals surface area contributed by atoms with Crippen molar-refractivity contribution < 1.29 is 4.74 Å². The number of ether oxygens (including phenoxy) is 1. The molecule has 3 heteroatoms. The molecule has 0 saturated carbocycles. The van der Waals surface area contributed by atoms with Crippen molar-refractivity contribution >= 4 is 15.9 Å². The van der Waals surface area contributed by atoms with Crippen molar-refractivity contribution in [2.24, 2.45) is 5.92 Å². The predicted molar refractivity (Wildman–Crippen MR) is 98.6 cm³/mol. The van der Waals surface area contributed by atoms with Gasteiger partial charge in [-0.1, -0.05) is 43.3 Å². The summed E-state index contributed by atoms with van der Waals surface area (Å²) in [5.41, 5.74) is 2.51. The zero-order valence-electron chi connectivity index (χ0n) is 13.7. The molecule has 1 heterocycles. The van der Waals surface area contributed by atoms with E-state index in [9.17, 15) is 0 Å². The van der Waals surface area contributed by atoms with Gasteiger partial charge in [-0.3, -0.25) is 4.90 Å². The first kappa shape index (κ1) is 16.5. The smallest absolute Gasteiger partial charge is 0.134 e. The third-order valence-corrected chi connectivity index (χ3v) is 5.04. The normalized spacial score (nSPS) is 18.8. The molecule has 0 aliphatic carbocycles. The Balaban J connectivity index is 1.64. The maximum absolute atomic E-state index is 6.01. The summed E-state index contributed by atoms with van der Waals surface area (Å²) in [6, 6.07) is 16.8. The maximum atomic E-state index is 6.01. The van der Waals surface area contributed by atoms with Gasteiger partial charge in [-0.15, -0.1) is 0 Å². The number of hydrogen-bond donors (Lipinski definition) is 0. The number of rotatable bonds is 5. The molecule has 0 N–H and O–H groups in total. The van der Waals surface area contributed by atoms with Crippen molar-refractivity contribution in [2.75, 3.05) is 13.1 Å². The van der Waals surface area contributed by atoms with Gasteiger partial charge in [0.25, 0.3) is 0 Å². The Labute approximate surface area is 147 Å². The van der Waals surface area contributed by atoms with Gasteiger partial charge < -0.3 is 4.74 Å². The molecule has 0 radical (unpaired) electrons. The van der Waals surface area contributed by atoms with Gasteiger partial charge in [0.15, 0.2) is 0 Å². The molecule has 0 bridgehead atoms. The van der Waals surface area contributed by atoms with Crippen molar-refractivity contribution in [3.8, 4) is 5.75 Å². The van der Waals surface area contributed by atoms with E-state index in [0.29, 0.717) is 6.61 Å². The van der Waals surface area contributed by atoms with E-state index in [2.05, 4.69) is 58.1 Å². The molecule has 1 atom stereocenters. The van der Waals surface area contributed by atoms with E-state index < -0.39 is 0 Å². The van der Waals surface area contributed by atoms with Crippen LogP contribution in [0, 0.1) is 5.92 Å². The van der Waals surface area contributed by atoms with Crippen LogP contribution in [0.3, 0.4) is 0 Å². The lowest BCUT2D eigenvalue weighted by atomic mass is 10.00. The van der Waals surface area contributed by atoms with Gasteiger partial charge in [0.1, 0.15) is 12.4 Å². The summed E-state index contributed by atoms with van der Waals surface area (Å²) in [4.78, 5) is 2.55. The lowest BCUT2D eigenvalue weighted by molar-refractivity contribution is 0.176. The summed E-state index contributed by atoms with van der Waals surface area (Å²) in [5.74, 6) is 1.74. The minimum Gasteiger partial charge on any atom is -0.488 e. The van der Waals surface area contributed by atoms with E-state index in [1.54, 1.807) is 0 Å². The van der Waals surface area contributed by atoms with Crippen LogP contribution in [-0.4, -0.2) is 18.0 Å². The highest BCUT2D eigenvalue weighted by atomic mass is 79.9. The summed E-state index contributed by atoms with van der Waals surface area (Å²) in [7, 11) is 0. The SMILES string of the molecule is CC1CCCN(Cc2ccc(Br)c(OCc3ccccc3)c2)C1. The lowest BCUT2D eigenvalue weighted by Crippen LogP contribution is -2.33. The largest absolute Gasteiger partial charge is 0.488 e. The molecule has 1 fully saturated rings. The van der Waals surface area contributed by atoms with Crippen LogP contribution in [0.2, 0.25) is 0 Å². The topological polar surface area (TPSA) is 12.5 Å². The quantitative estimate of drug-likeness (QED) is 0.708. The number of likely N-dealkylation sites (tertiary alicyclic amines) is 1. The molecule has 122 valence electrons. The average Bonchev–Trinajstić information content (AvgIpc) is 2.56. The second kappa shape index (κ2) is 7.98. The highest BCUT2D eigenvalue weighted by Crippen LogP contribution is 2.28. The third-order valence-electron chi connectivity index (χ3n) is 4.38. The minimum atomic E-state index is 0.601. The highest BCUT2D eigenvalue weighted by Gasteiger charge is 2.16. The van der Waals surface area contributed by atoms with Gasteiger partial charge in [0.05, 0.1) is 4.47 Å². The average molecular weight is 374 g/mol. The van der Waals surface area contributed by atoms with Gasteiger partial charge in [0.2, 0.25) is 0 Å². The Hall–Kier alpha value is -1.32. The van der Waals surface area contributed by atoms with Crippen LogP contribution in [-0.2, 0) is 13.2 Å². The minimum absolute atomic E-state index is 0.601. The van der Waals surface area contributed by atoms with Crippen LogP contribution in [0.25, 0.3) is 0 Å². The molecule has 3 rings (SSSR count). The molecular weight excluding hydrogens is 350 g/mol. The van der Waals surface area contributed by atoms with Crippen molar-refractivity contribution in [1.29, 1.82) is 0 Å². The van der Waals surface area contributed by atoms with Gasteiger partial charge in [-0.2, -0.15) is 0 Å². The summed E-state index contributed by atoms with van der Waals surface area (Å²) in [6.07, 6.45) is 2.68. The summed E-state index contributed by atoms with van der Waals surface area (Å²) < 4.78 is 7.03. The van der Waals surface area contributed by atoms with E-state index in [-0.39, 0.29) is 0 Å². The Bertz CT molecular complexity index is 629. The summed E-state index contributed by atoms with van der Waals surface area (Å²) in [5, 5.41) is 0. The molecule has 23 heavy (non-hydrogen) atoms. The summed E-state index contributed by atoms with van der Waals surface area (Å²) in [6.45, 7) is 6.38. The van der Waals surface area contributed by atoms with Crippen LogP contribution >= 0.6 is 15.9 Å². The molecule has 0 aromatic heterocycles. The Morgan fingerprint density at radius 2 is 1.96 bits per heavy atom. The Kier molecular flexibility index (Phi) is 5.74. The fourth-order valence-electron chi connectivity index (χ4n) is 3.18. The predicted octanol–water partition coefficient (Wildman–Crippen LogP) is 5.26. The third kappa shape index (κ3) is 4.82. The van der Waals surface area contributed by atoms with Crippen molar-refractivity contribution in [3.63, 3.8) is 0 Å². The van der Waals surface area contributed by atoms with E-state index in [1.165, 1.54) is 37.1 Å². The monoisotopic (exact) mass is 373 g/mol. The molecule has 2 nitrogen and oxygen atoms in total. The first-order chi connectivity index (χ1) is 11.2. The van der Waals surface area contributed by atoms with E-state index in [0.717, 1.165) is 22.7 Å². The van der Waals surface area contributed by atoms with Crippen LogP contribution in [0.4, 0.5) is 0 Å². The molecule has 0 amide bonds. The molecular formula is C20H24BrNO. The van der Waals surface area contributed by atoms with Gasteiger partial charge in [-0.05, 0) is 64.5 Å². The molecule has 2 aromatic rings. The molecule has 1 saturated heterocycles. The van der Waals surface area contributed by atoms with Crippen molar-refractivity contribution in [3.05, 3.63) is 64.1 Å². The Morgan fingerprint density at radius 3 is 2.74 bits per heavy atom. The molecule has 2 aromatic carbocycles. The van der Waals surface area contributed by atoms with E-state index in [1.807, 2.05) is 18.2 Å². The lowest BCUT2D eigenvalue weighted by Gasteiger charge is -2.30. The number of piperidine rings is 1. The fourth-order valence-corrected chi connectivity index (χ4v) is 3.54. The van der Waals surface area contributed by atoms with E-state index >= 15 is 0 Å². The van der Waals surface area contributed by atoms with Crippen LogP contribution < -0.4 is 4.74 Å². The summed E-state index contributed by atoms with van der Waals surface area (Å²) >= 11 is 3.60. The first-order valence-corrected chi connectivity index (χ1v) is 9.17. The number of benzene rings is 2. The van der Waals surface area contributed by atoms with Crippen molar-refractivity contribution in [2.45, 2.75) is 32.9 Å². The number of halogens is 1. The van der Waals surface area contributed by atoms with Gasteiger partial charge in [-0.25, -0.2) is 0 Å². The zero-order valence-corrected chi connectivity index (χ0v) is 15.3. The molecule has 1 aliphatic heterocycles. The highest BCUT2D eigenvalue weighted by molar-refractivity contribution is 9.10. The number of hydrogen-bond acceptors (Lipinski definition) is 2. The Morgan fingerprint density at radius 1 is 1.13 bits per heavy atom.